The van der Waals surface area contributed by atoms with Crippen molar-refractivity contribution >= 4 is 17.1 Å². The molecule has 0 bridgehead atoms. The van der Waals surface area contributed by atoms with E-state index in [0.717, 1.165) is 45.3 Å². The molecule has 0 amide bonds. The van der Waals surface area contributed by atoms with Crippen molar-refractivity contribution in [2.75, 3.05) is 4.90 Å². The van der Waals surface area contributed by atoms with Crippen LogP contribution in [0.3, 0.4) is 0 Å². The zero-order chi connectivity index (χ0) is 21.3. The highest BCUT2D eigenvalue weighted by Crippen LogP contribution is 2.45. The summed E-state index contributed by atoms with van der Waals surface area (Å²) in [6, 6.07) is 30.9. The summed E-state index contributed by atoms with van der Waals surface area (Å²) in [6.45, 7) is 0.502. The molecule has 32 heavy (non-hydrogen) atoms. The Kier molecular flexibility index (Phi) is 4.43. The first-order chi connectivity index (χ1) is 15.9. The van der Waals surface area contributed by atoms with Gasteiger partial charge >= 0.3 is 0 Å². The average Bonchev–Trinajstić information content (AvgIpc) is 3.34. The molecule has 0 atom stereocenters. The molecule has 3 aromatic carbocycles. The van der Waals surface area contributed by atoms with Gasteiger partial charge in [-0.05, 0) is 54.6 Å². The molecule has 0 spiro atoms. The fourth-order valence-corrected chi connectivity index (χ4v) is 4.11. The summed E-state index contributed by atoms with van der Waals surface area (Å²) in [7, 11) is 0. The molecule has 2 aromatic heterocycles. The molecule has 6 rings (SSSR count). The Balaban J connectivity index is 1.56. The van der Waals surface area contributed by atoms with Gasteiger partial charge in [-0.25, -0.2) is 4.68 Å². The second kappa shape index (κ2) is 7.71. The first-order valence-electron chi connectivity index (χ1n) is 10.5. The van der Waals surface area contributed by atoms with Crippen LogP contribution in [0.1, 0.15) is 5.56 Å². The third kappa shape index (κ3) is 3.20. The first-order valence-corrected chi connectivity index (χ1v) is 10.5. The van der Waals surface area contributed by atoms with Gasteiger partial charge in [0.2, 0.25) is 0 Å². The van der Waals surface area contributed by atoms with Crippen LogP contribution in [0, 0.1) is 0 Å². The molecule has 0 saturated heterocycles. The molecule has 0 unspecified atom stereocenters. The lowest BCUT2D eigenvalue weighted by molar-refractivity contribution is 0.310. The van der Waals surface area contributed by atoms with Crippen molar-refractivity contribution in [2.45, 2.75) is 6.61 Å². The quantitative estimate of drug-likeness (QED) is 0.346. The Morgan fingerprint density at radius 2 is 1.66 bits per heavy atom. The smallest absolute Gasteiger partial charge is 0.143 e. The largest absolute Gasteiger partial charge is 0.487 e. The van der Waals surface area contributed by atoms with Crippen LogP contribution in [-0.2, 0) is 6.61 Å². The van der Waals surface area contributed by atoms with Gasteiger partial charge in [-0.3, -0.25) is 4.98 Å². The normalized spacial score (nSPS) is 12.4. The Bertz CT molecular complexity index is 1380. The van der Waals surface area contributed by atoms with Crippen LogP contribution in [0.5, 0.6) is 5.75 Å². The van der Waals surface area contributed by atoms with Gasteiger partial charge in [0.25, 0.3) is 0 Å². The van der Waals surface area contributed by atoms with Gasteiger partial charge in [-0.2, -0.15) is 5.10 Å². The molecule has 1 aliphatic rings. The molecule has 0 radical (unpaired) electrons. The topological polar surface area (TPSA) is 43.2 Å². The van der Waals surface area contributed by atoms with Gasteiger partial charge < -0.3 is 9.64 Å². The van der Waals surface area contributed by atoms with Crippen molar-refractivity contribution in [3.05, 3.63) is 115 Å². The summed E-state index contributed by atoms with van der Waals surface area (Å²) in [5.41, 5.74) is 7.24. The Hall–Kier alpha value is -4.38. The van der Waals surface area contributed by atoms with E-state index in [9.17, 15) is 0 Å². The molecule has 0 N–H and O–H groups in total. The predicted octanol–water partition coefficient (Wildman–Crippen LogP) is 6.30. The molecule has 5 nitrogen and oxygen atoms in total. The number of aromatic nitrogens is 3. The number of hydrogen-bond donors (Lipinski definition) is 0. The van der Waals surface area contributed by atoms with Crippen molar-refractivity contribution in [2.24, 2.45) is 0 Å². The van der Waals surface area contributed by atoms with E-state index in [1.54, 1.807) is 6.20 Å². The van der Waals surface area contributed by atoms with Crippen LogP contribution in [0.4, 0.5) is 17.1 Å². The van der Waals surface area contributed by atoms with Crippen molar-refractivity contribution in [3.8, 4) is 22.7 Å². The maximum Gasteiger partial charge on any atom is 0.143 e. The fraction of sp³-hybridized carbons (Fsp3) is 0.0370. The molecule has 5 heteroatoms. The van der Waals surface area contributed by atoms with E-state index < -0.39 is 0 Å². The van der Waals surface area contributed by atoms with E-state index in [1.807, 2.05) is 59.5 Å². The maximum atomic E-state index is 6.20. The Morgan fingerprint density at radius 3 is 2.53 bits per heavy atom. The number of hydrogen-bond acceptors (Lipinski definition) is 4. The number of para-hydroxylation sites is 2. The van der Waals surface area contributed by atoms with Gasteiger partial charge in [0.05, 0.1) is 22.8 Å². The van der Waals surface area contributed by atoms with E-state index in [2.05, 4.69) is 63.5 Å². The van der Waals surface area contributed by atoms with Crippen molar-refractivity contribution in [1.82, 2.24) is 14.8 Å². The zero-order valence-corrected chi connectivity index (χ0v) is 17.3. The SMILES string of the molecule is c1ccc(-c2cccc(N3c4cc(-n5cccn5)ccc4COc4ccccc43)c2)nc1. The van der Waals surface area contributed by atoms with E-state index in [-0.39, 0.29) is 0 Å². The molecule has 0 aliphatic carbocycles. The fourth-order valence-electron chi connectivity index (χ4n) is 4.11. The number of benzene rings is 3. The molecular formula is C27H20N4O. The summed E-state index contributed by atoms with van der Waals surface area (Å²) in [5.74, 6) is 0.854. The van der Waals surface area contributed by atoms with Crippen molar-refractivity contribution in [3.63, 3.8) is 0 Å². The summed E-state index contributed by atoms with van der Waals surface area (Å²) < 4.78 is 8.07. The number of nitrogens with zero attached hydrogens (tertiary/aromatic N) is 4. The van der Waals surface area contributed by atoms with Gasteiger partial charge in [-0.15, -0.1) is 0 Å². The lowest BCUT2D eigenvalue weighted by Gasteiger charge is -2.27. The van der Waals surface area contributed by atoms with Crippen LogP contribution >= 0.6 is 0 Å². The second-order valence-electron chi connectivity index (χ2n) is 7.62. The summed E-state index contributed by atoms with van der Waals surface area (Å²) in [5, 5.41) is 4.41. The standard InChI is InChI=1S/C27H20N4O/c1-2-11-27-25(10-1)31(23-8-5-7-20(17-23)24-9-3-4-14-28-24)26-18-22(30-16-6-15-29-30)13-12-21(26)19-32-27/h1-18H,19H2. The highest BCUT2D eigenvalue weighted by atomic mass is 16.5. The zero-order valence-electron chi connectivity index (χ0n) is 17.3. The van der Waals surface area contributed by atoms with Gasteiger partial charge in [0.1, 0.15) is 12.4 Å². The van der Waals surface area contributed by atoms with Gasteiger partial charge in [0, 0.05) is 35.4 Å². The first kappa shape index (κ1) is 18.4. The number of fused-ring (bicyclic) bond motifs is 2. The van der Waals surface area contributed by atoms with Crippen LogP contribution in [0.15, 0.2) is 110 Å². The molecule has 0 saturated carbocycles. The van der Waals surface area contributed by atoms with Crippen LogP contribution in [0.25, 0.3) is 16.9 Å². The lowest BCUT2D eigenvalue weighted by atomic mass is 10.1. The van der Waals surface area contributed by atoms with Crippen molar-refractivity contribution < 1.29 is 4.74 Å². The average molecular weight is 416 g/mol. The highest BCUT2D eigenvalue weighted by molar-refractivity contribution is 5.85. The third-order valence-corrected chi connectivity index (χ3v) is 5.63. The monoisotopic (exact) mass is 416 g/mol. The van der Waals surface area contributed by atoms with Crippen LogP contribution in [-0.4, -0.2) is 14.8 Å². The number of ether oxygens (including phenoxy) is 1. The summed E-state index contributed by atoms with van der Waals surface area (Å²) in [4.78, 5) is 6.80. The molecule has 5 aromatic rings. The van der Waals surface area contributed by atoms with E-state index >= 15 is 0 Å². The minimum absolute atomic E-state index is 0.502. The van der Waals surface area contributed by atoms with Gasteiger partial charge in [-0.1, -0.05) is 36.4 Å². The summed E-state index contributed by atoms with van der Waals surface area (Å²) >= 11 is 0. The van der Waals surface area contributed by atoms with Crippen LogP contribution in [0.2, 0.25) is 0 Å². The highest BCUT2D eigenvalue weighted by Gasteiger charge is 2.24. The molecule has 3 heterocycles. The molecule has 154 valence electrons. The maximum absolute atomic E-state index is 6.20. The Labute approximate surface area is 186 Å². The predicted molar refractivity (Wildman–Crippen MR) is 126 cm³/mol. The van der Waals surface area contributed by atoms with Crippen LogP contribution < -0.4 is 9.64 Å². The molecule has 0 fully saturated rings. The lowest BCUT2D eigenvalue weighted by Crippen LogP contribution is -2.11. The Morgan fingerprint density at radius 1 is 0.719 bits per heavy atom. The minimum Gasteiger partial charge on any atom is -0.487 e. The third-order valence-electron chi connectivity index (χ3n) is 5.63. The van der Waals surface area contributed by atoms with E-state index in [4.69, 9.17) is 4.74 Å². The minimum atomic E-state index is 0.502. The number of rotatable bonds is 3. The van der Waals surface area contributed by atoms with E-state index in [1.165, 1.54) is 0 Å². The van der Waals surface area contributed by atoms with Gasteiger partial charge in [0.15, 0.2) is 0 Å². The number of pyridine rings is 1. The van der Waals surface area contributed by atoms with Crippen molar-refractivity contribution in [1.29, 1.82) is 0 Å². The molecular weight excluding hydrogens is 396 g/mol. The number of anilines is 3. The van der Waals surface area contributed by atoms with E-state index in [0.29, 0.717) is 6.61 Å². The molecule has 1 aliphatic heterocycles. The summed E-state index contributed by atoms with van der Waals surface area (Å²) in [6.07, 6.45) is 5.57. The second-order valence-corrected chi connectivity index (χ2v) is 7.62.